The number of phenols is 1. The van der Waals surface area contributed by atoms with Crippen LogP contribution in [0.25, 0.3) is 10.8 Å². The molecule has 0 spiro atoms. The van der Waals surface area contributed by atoms with Gasteiger partial charge in [-0.25, -0.2) is 0 Å². The van der Waals surface area contributed by atoms with E-state index in [0.717, 1.165) is 0 Å². The molecule has 0 bridgehead atoms. The van der Waals surface area contributed by atoms with E-state index >= 15 is 0 Å². The van der Waals surface area contributed by atoms with Crippen molar-refractivity contribution in [1.82, 2.24) is 0 Å². The Balaban J connectivity index is 2.07. The summed E-state index contributed by atoms with van der Waals surface area (Å²) >= 11 is 0. The van der Waals surface area contributed by atoms with Crippen LogP contribution in [0.3, 0.4) is 0 Å². The van der Waals surface area contributed by atoms with Gasteiger partial charge in [-0.1, -0.05) is 0 Å². The summed E-state index contributed by atoms with van der Waals surface area (Å²) in [7, 11) is -20.6. The van der Waals surface area contributed by atoms with E-state index in [1.165, 1.54) is 24.3 Å². The molecule has 0 aromatic heterocycles. The maximum atomic E-state index is 12.2. The van der Waals surface area contributed by atoms with Crippen molar-refractivity contribution in [2.75, 3.05) is 11.5 Å². The van der Waals surface area contributed by atoms with E-state index in [2.05, 4.69) is 20.5 Å². The normalized spacial score (nSPS) is 13.2. The van der Waals surface area contributed by atoms with Crippen LogP contribution in [0.4, 0.5) is 34.1 Å². The third-order valence-electron chi connectivity index (χ3n) is 5.79. The fraction of sp³-hybridized carbons (Fsp3) is 0. The van der Waals surface area contributed by atoms with E-state index in [1.54, 1.807) is 0 Å². The Hall–Kier alpha value is -4.62. The average molecular weight is 703 g/mol. The first-order chi connectivity index (χ1) is 20.6. The molecule has 0 fully saturated rings. The van der Waals surface area contributed by atoms with Gasteiger partial charge in [0.2, 0.25) is 0 Å². The lowest BCUT2D eigenvalue weighted by Gasteiger charge is -2.14. The molecule has 0 aliphatic heterocycles. The van der Waals surface area contributed by atoms with Crippen LogP contribution < -0.4 is 11.5 Å². The zero-order chi connectivity index (χ0) is 33.7. The SMILES string of the molecule is Nc1ccc(N=Nc2c(S(=O)(=O)O)cc3cc(S(=O)(=O)O)c(N=Nc4cc(S(=O)(=O)O)ccc4S(=O)(=O)O)c(O)c3c2N)cc1. The Kier molecular flexibility index (Phi) is 8.42. The first-order valence-electron chi connectivity index (χ1n) is 11.4. The van der Waals surface area contributed by atoms with Gasteiger partial charge in [-0.3, -0.25) is 18.2 Å². The smallest absolute Gasteiger partial charge is 0.296 e. The van der Waals surface area contributed by atoms with Gasteiger partial charge in [-0.2, -0.15) is 38.8 Å². The monoisotopic (exact) mass is 702 g/mol. The Morgan fingerprint density at radius 3 is 1.58 bits per heavy atom. The standard InChI is InChI=1S/C22H18N6O13S4/c23-11-1-3-12(4-2-11)25-27-20-16(44(36,37)38)7-10-8-17(45(39,40)41)21(22(29)18(10)19(20)24)28-26-14-9-13(42(30,31)32)5-6-15(14)43(33,34)35/h1-9,29H,23-24H2,(H,30,31,32)(H,33,34,35)(H,36,37,38)(H,39,40,41). The number of hydrogen-bond acceptors (Lipinski definition) is 15. The third kappa shape index (κ3) is 7.04. The highest BCUT2D eigenvalue weighted by atomic mass is 32.2. The van der Waals surface area contributed by atoms with Crippen molar-refractivity contribution in [3.8, 4) is 5.75 Å². The van der Waals surface area contributed by atoms with E-state index in [1.807, 2.05) is 0 Å². The quantitative estimate of drug-likeness (QED) is 0.0784. The van der Waals surface area contributed by atoms with Crippen LogP contribution in [0.15, 0.2) is 94.6 Å². The van der Waals surface area contributed by atoms with Gasteiger partial charge in [0, 0.05) is 5.69 Å². The number of nitrogens with two attached hydrogens (primary N) is 2. The third-order valence-corrected chi connectivity index (χ3v) is 9.28. The van der Waals surface area contributed by atoms with Crippen molar-refractivity contribution in [2.45, 2.75) is 19.6 Å². The number of fused-ring (bicyclic) bond motifs is 1. The van der Waals surface area contributed by atoms with Crippen LogP contribution in [-0.4, -0.2) is 57.0 Å². The fourth-order valence-electron chi connectivity index (χ4n) is 3.81. The van der Waals surface area contributed by atoms with E-state index in [4.69, 9.17) is 11.5 Å². The minimum atomic E-state index is -5.37. The molecule has 0 saturated heterocycles. The number of aromatic hydroxyl groups is 1. The lowest BCUT2D eigenvalue weighted by atomic mass is 10.1. The lowest BCUT2D eigenvalue weighted by Crippen LogP contribution is -2.04. The largest absolute Gasteiger partial charge is 0.505 e. The molecule has 0 saturated carbocycles. The zero-order valence-corrected chi connectivity index (χ0v) is 25.0. The number of phenolic OH excluding ortho intramolecular Hbond substituents is 1. The first kappa shape index (κ1) is 33.3. The van der Waals surface area contributed by atoms with Crippen LogP contribution in [0.5, 0.6) is 5.75 Å². The second-order valence-corrected chi connectivity index (χ2v) is 14.4. The van der Waals surface area contributed by atoms with Gasteiger partial charge in [0.25, 0.3) is 40.5 Å². The van der Waals surface area contributed by atoms with Crippen LogP contribution >= 0.6 is 0 Å². The molecule has 0 amide bonds. The molecule has 0 aliphatic carbocycles. The van der Waals surface area contributed by atoms with E-state index in [9.17, 15) is 57.0 Å². The summed E-state index contributed by atoms with van der Waals surface area (Å²) in [6, 6.07) is 8.36. The first-order valence-corrected chi connectivity index (χ1v) is 17.2. The molecule has 19 nitrogen and oxygen atoms in total. The number of azo groups is 2. The predicted octanol–water partition coefficient (Wildman–Crippen LogP) is 3.53. The molecule has 45 heavy (non-hydrogen) atoms. The topological polar surface area (TPSA) is 339 Å². The summed E-state index contributed by atoms with van der Waals surface area (Å²) in [5.74, 6) is -1.22. The number of nitrogen functional groups attached to an aromatic ring is 2. The molecule has 0 aliphatic rings. The molecule has 0 unspecified atom stereocenters. The minimum Gasteiger partial charge on any atom is -0.505 e. The molecule has 4 aromatic carbocycles. The molecule has 238 valence electrons. The Labute approximate surface area is 253 Å². The van der Waals surface area contributed by atoms with Crippen molar-refractivity contribution < 1.29 is 57.0 Å². The summed E-state index contributed by atoms with van der Waals surface area (Å²) in [4.78, 5) is -4.26. The van der Waals surface area contributed by atoms with Gasteiger partial charge in [0.15, 0.2) is 5.75 Å². The highest BCUT2D eigenvalue weighted by molar-refractivity contribution is 7.86. The minimum absolute atomic E-state index is 0.132. The number of benzene rings is 4. The van der Waals surface area contributed by atoms with Gasteiger partial charge in [0.05, 0.1) is 21.7 Å². The van der Waals surface area contributed by atoms with Gasteiger partial charge in [0.1, 0.15) is 31.7 Å². The Bertz CT molecular complexity index is 2390. The zero-order valence-electron chi connectivity index (χ0n) is 21.8. The summed E-state index contributed by atoms with van der Waals surface area (Å²) in [5, 5.41) is 24.4. The summed E-state index contributed by atoms with van der Waals surface area (Å²) in [6.45, 7) is 0. The van der Waals surface area contributed by atoms with Gasteiger partial charge >= 0.3 is 0 Å². The highest BCUT2D eigenvalue weighted by Gasteiger charge is 2.28. The maximum Gasteiger partial charge on any atom is 0.296 e. The Morgan fingerprint density at radius 1 is 0.556 bits per heavy atom. The van der Waals surface area contributed by atoms with Crippen molar-refractivity contribution >= 4 is 85.4 Å². The molecule has 23 heteroatoms. The van der Waals surface area contributed by atoms with E-state index < -0.39 is 99.3 Å². The van der Waals surface area contributed by atoms with Crippen molar-refractivity contribution in [1.29, 1.82) is 0 Å². The van der Waals surface area contributed by atoms with Crippen LogP contribution in [0.1, 0.15) is 0 Å². The lowest BCUT2D eigenvalue weighted by molar-refractivity contribution is 0.472. The highest BCUT2D eigenvalue weighted by Crippen LogP contribution is 2.48. The second-order valence-electron chi connectivity index (χ2n) is 8.83. The molecule has 0 radical (unpaired) electrons. The fourth-order valence-corrected chi connectivity index (χ4v) is 6.24. The number of hydrogen-bond donors (Lipinski definition) is 7. The molecule has 9 N–H and O–H groups in total. The van der Waals surface area contributed by atoms with Crippen LogP contribution in [0, 0.1) is 0 Å². The van der Waals surface area contributed by atoms with Crippen molar-refractivity contribution in [3.05, 3.63) is 54.6 Å². The van der Waals surface area contributed by atoms with Gasteiger partial charge in [-0.15, -0.1) is 15.3 Å². The number of rotatable bonds is 8. The second kappa shape index (κ2) is 11.4. The molecule has 0 atom stereocenters. The van der Waals surface area contributed by atoms with Crippen LogP contribution in [-0.2, 0) is 40.5 Å². The number of anilines is 2. The van der Waals surface area contributed by atoms with E-state index in [0.29, 0.717) is 36.0 Å². The van der Waals surface area contributed by atoms with Crippen molar-refractivity contribution in [3.63, 3.8) is 0 Å². The average Bonchev–Trinajstić information content (AvgIpc) is 2.90. The number of nitrogens with zero attached hydrogens (tertiary/aromatic N) is 4. The molecular weight excluding hydrogens is 685 g/mol. The van der Waals surface area contributed by atoms with Crippen molar-refractivity contribution in [2.24, 2.45) is 20.5 Å². The molecule has 4 aromatic rings. The Morgan fingerprint density at radius 2 is 1.07 bits per heavy atom. The molecule has 4 rings (SSSR count). The molecule has 0 heterocycles. The van der Waals surface area contributed by atoms with Gasteiger partial charge in [-0.05, 0) is 60.0 Å². The van der Waals surface area contributed by atoms with Crippen LogP contribution in [0.2, 0.25) is 0 Å². The summed E-state index contributed by atoms with van der Waals surface area (Å²) < 4.78 is 134. The predicted molar refractivity (Wildman–Crippen MR) is 155 cm³/mol. The van der Waals surface area contributed by atoms with Gasteiger partial charge < -0.3 is 16.6 Å². The van der Waals surface area contributed by atoms with E-state index in [-0.39, 0.29) is 5.69 Å². The maximum absolute atomic E-state index is 12.2. The summed E-state index contributed by atoms with van der Waals surface area (Å²) in [6.07, 6.45) is 0. The molecular formula is C22H18N6O13S4. The summed E-state index contributed by atoms with van der Waals surface area (Å²) in [5.41, 5.74) is 8.59.